The lowest BCUT2D eigenvalue weighted by molar-refractivity contribution is -0.792. The fourth-order valence-electron chi connectivity index (χ4n) is 5.73. The zero-order chi connectivity index (χ0) is 28.0. The van der Waals surface area contributed by atoms with Crippen molar-refractivity contribution in [1.82, 2.24) is 5.32 Å². The van der Waals surface area contributed by atoms with E-state index in [1.807, 2.05) is 37.3 Å². The fourth-order valence-corrected chi connectivity index (χ4v) is 8.13. The molecule has 1 N–H and O–H groups in total. The Labute approximate surface area is 227 Å². The highest BCUT2D eigenvalue weighted by atomic mass is 31.2. The molecule has 38 heavy (non-hydrogen) atoms. The number of nitrogens with zero attached hydrogens (tertiary/aromatic N) is 1. The van der Waals surface area contributed by atoms with Gasteiger partial charge in [-0.25, -0.2) is 4.79 Å². The van der Waals surface area contributed by atoms with Crippen LogP contribution in [0.25, 0.3) is 0 Å². The van der Waals surface area contributed by atoms with Crippen LogP contribution in [0, 0.1) is 5.92 Å². The van der Waals surface area contributed by atoms with E-state index in [0.717, 1.165) is 31.2 Å². The summed E-state index contributed by atoms with van der Waals surface area (Å²) in [7, 11) is -3.73. The maximum Gasteiger partial charge on any atom is 0.524 e. The van der Waals surface area contributed by atoms with E-state index in [9.17, 15) is 18.9 Å². The summed E-state index contributed by atoms with van der Waals surface area (Å²) in [6, 6.07) is 9.50. The van der Waals surface area contributed by atoms with Gasteiger partial charge in [0.05, 0.1) is 13.2 Å². The standard InChI is InChI=1S/C29H45N2O6P/c1-6-36-38(35,21-26(32)31(20-12-13-22(31)2)28(34)37-29(3,4)5)25(19-18-23-14-8-7-9-15-23)30-27(33)24-16-10-11-17-24/h7-9,14-15,22,24-25H,6,10-13,16-21H2,1-5H3/p+1/t22-,25?,31?,38?/m1/s1. The number of amides is 3. The number of ether oxygens (including phenoxy) is 1. The lowest BCUT2D eigenvalue weighted by Crippen LogP contribution is -2.61. The zero-order valence-electron chi connectivity index (χ0n) is 23.7. The van der Waals surface area contributed by atoms with Gasteiger partial charge in [0.15, 0.2) is 0 Å². The van der Waals surface area contributed by atoms with Crippen LogP contribution in [0.5, 0.6) is 0 Å². The summed E-state index contributed by atoms with van der Waals surface area (Å²) < 4.78 is 25.7. The highest BCUT2D eigenvalue weighted by molar-refractivity contribution is 7.60. The minimum Gasteiger partial charge on any atom is -0.414 e. The molecule has 1 aromatic rings. The van der Waals surface area contributed by atoms with Crippen molar-refractivity contribution in [2.24, 2.45) is 5.92 Å². The molecule has 2 aliphatic rings. The lowest BCUT2D eigenvalue weighted by Gasteiger charge is -2.36. The van der Waals surface area contributed by atoms with Crippen LogP contribution in [0.15, 0.2) is 30.3 Å². The number of quaternary nitrogens is 1. The molecular formula is C29H46N2O6P+. The summed E-state index contributed by atoms with van der Waals surface area (Å²) in [5.74, 6) is -1.52. The molecule has 3 amide bonds. The summed E-state index contributed by atoms with van der Waals surface area (Å²) in [5, 5.41) is 3.04. The maximum atomic E-state index is 14.6. The molecule has 9 heteroatoms. The average molecular weight is 550 g/mol. The zero-order valence-corrected chi connectivity index (χ0v) is 24.6. The van der Waals surface area contributed by atoms with E-state index in [0.29, 0.717) is 32.2 Å². The Morgan fingerprint density at radius 2 is 1.74 bits per heavy atom. The monoisotopic (exact) mass is 549 g/mol. The van der Waals surface area contributed by atoms with Gasteiger partial charge in [-0.2, -0.15) is 9.28 Å². The number of likely N-dealkylation sites (tertiary alicyclic amines) is 1. The van der Waals surface area contributed by atoms with Gasteiger partial charge in [-0.1, -0.05) is 43.2 Å². The van der Waals surface area contributed by atoms with Gasteiger partial charge in [0.1, 0.15) is 23.6 Å². The molecule has 1 aliphatic heterocycles. The van der Waals surface area contributed by atoms with Crippen LogP contribution in [0.4, 0.5) is 4.79 Å². The van der Waals surface area contributed by atoms with Gasteiger partial charge in [-0.3, -0.25) is 9.36 Å². The first-order chi connectivity index (χ1) is 17.9. The number of nitrogens with one attached hydrogen (secondary N) is 1. The summed E-state index contributed by atoms with van der Waals surface area (Å²) in [5.41, 5.74) is 0.287. The molecular weight excluding hydrogens is 503 g/mol. The molecule has 212 valence electrons. The number of imide groups is 1. The van der Waals surface area contributed by atoms with Gasteiger partial charge >= 0.3 is 12.0 Å². The maximum absolute atomic E-state index is 14.6. The first kappa shape index (κ1) is 30.5. The number of benzene rings is 1. The highest BCUT2D eigenvalue weighted by Crippen LogP contribution is 2.53. The number of hydrogen-bond donors (Lipinski definition) is 1. The Morgan fingerprint density at radius 1 is 1.08 bits per heavy atom. The molecule has 2 fully saturated rings. The molecule has 1 heterocycles. The molecule has 0 spiro atoms. The first-order valence-electron chi connectivity index (χ1n) is 14.1. The molecule has 8 nitrogen and oxygen atoms in total. The van der Waals surface area contributed by atoms with Gasteiger partial charge < -0.3 is 14.6 Å². The van der Waals surface area contributed by atoms with Crippen molar-refractivity contribution in [3.63, 3.8) is 0 Å². The van der Waals surface area contributed by atoms with Crippen LogP contribution in [-0.4, -0.2) is 59.1 Å². The molecule has 1 aromatic carbocycles. The SMILES string of the molecule is CCOP(=O)(CC(=O)[N+]1(C(=O)OC(C)(C)C)CCC[C@H]1C)C(CCc1ccccc1)NC(=O)C1CCCC1. The largest absolute Gasteiger partial charge is 0.524 e. The molecule has 1 aliphatic carbocycles. The Morgan fingerprint density at radius 3 is 2.29 bits per heavy atom. The second-order valence-electron chi connectivity index (χ2n) is 11.8. The molecule has 4 atom stereocenters. The second kappa shape index (κ2) is 12.9. The van der Waals surface area contributed by atoms with E-state index in [-0.39, 0.29) is 24.5 Å². The fraction of sp³-hybridized carbons (Fsp3) is 0.690. The Bertz CT molecular complexity index is 1020. The first-order valence-corrected chi connectivity index (χ1v) is 16.0. The van der Waals surface area contributed by atoms with Gasteiger partial charge in [0.2, 0.25) is 13.3 Å². The van der Waals surface area contributed by atoms with Crippen molar-refractivity contribution in [3.05, 3.63) is 35.9 Å². The smallest absolute Gasteiger partial charge is 0.414 e. The summed E-state index contributed by atoms with van der Waals surface area (Å²) in [4.78, 5) is 40.7. The minimum atomic E-state index is -3.73. The topological polar surface area (TPSA) is 98.8 Å². The Balaban J connectivity index is 1.91. The second-order valence-corrected chi connectivity index (χ2v) is 14.4. The van der Waals surface area contributed by atoms with Gasteiger partial charge in [0, 0.05) is 18.8 Å². The van der Waals surface area contributed by atoms with Crippen molar-refractivity contribution in [2.75, 3.05) is 19.3 Å². The van der Waals surface area contributed by atoms with Crippen molar-refractivity contribution < 1.29 is 32.7 Å². The van der Waals surface area contributed by atoms with Gasteiger partial charge in [0.25, 0.3) is 0 Å². The van der Waals surface area contributed by atoms with Crippen molar-refractivity contribution >= 4 is 25.3 Å². The van der Waals surface area contributed by atoms with Crippen LogP contribution in [0.3, 0.4) is 0 Å². The third-order valence-corrected chi connectivity index (χ3v) is 10.6. The number of carbonyl (C=O) groups is 3. The van der Waals surface area contributed by atoms with Crippen LogP contribution < -0.4 is 5.32 Å². The van der Waals surface area contributed by atoms with E-state index >= 15 is 0 Å². The lowest BCUT2D eigenvalue weighted by atomic mass is 10.1. The Hall–Kier alpha value is -2.02. The third kappa shape index (κ3) is 7.34. The van der Waals surface area contributed by atoms with Crippen LogP contribution >= 0.6 is 7.37 Å². The van der Waals surface area contributed by atoms with Crippen LogP contribution in [0.1, 0.15) is 85.1 Å². The van der Waals surface area contributed by atoms with Gasteiger partial charge in [-0.05, 0) is 65.9 Å². The summed E-state index contributed by atoms with van der Waals surface area (Å²) >= 11 is 0. The van der Waals surface area contributed by atoms with Crippen LogP contribution in [0.2, 0.25) is 0 Å². The molecule has 0 radical (unpaired) electrons. The van der Waals surface area contributed by atoms with Crippen molar-refractivity contribution in [2.45, 2.75) is 103 Å². The van der Waals surface area contributed by atoms with E-state index in [2.05, 4.69) is 5.32 Å². The number of carbonyl (C=O) groups excluding carboxylic acids is 3. The third-order valence-electron chi connectivity index (χ3n) is 7.81. The summed E-state index contributed by atoms with van der Waals surface area (Å²) in [6.45, 7) is 9.37. The van der Waals surface area contributed by atoms with Crippen LogP contribution in [-0.2, 0) is 29.8 Å². The summed E-state index contributed by atoms with van der Waals surface area (Å²) in [6.07, 6.45) is 4.93. The van der Waals surface area contributed by atoms with Crippen molar-refractivity contribution in [1.29, 1.82) is 0 Å². The Kier molecular flexibility index (Phi) is 10.4. The molecule has 0 aromatic heterocycles. The average Bonchev–Trinajstić information content (AvgIpc) is 3.52. The number of aryl methyl sites for hydroxylation is 1. The predicted molar refractivity (Wildman–Crippen MR) is 148 cm³/mol. The van der Waals surface area contributed by atoms with E-state index < -0.39 is 41.4 Å². The van der Waals surface area contributed by atoms with E-state index in [4.69, 9.17) is 9.26 Å². The normalized spacial score (nSPS) is 24.5. The molecule has 1 saturated heterocycles. The van der Waals surface area contributed by atoms with Crippen molar-refractivity contribution in [3.8, 4) is 0 Å². The molecule has 3 rings (SSSR count). The van der Waals surface area contributed by atoms with E-state index in [1.54, 1.807) is 27.7 Å². The van der Waals surface area contributed by atoms with Gasteiger partial charge in [-0.15, -0.1) is 0 Å². The minimum absolute atomic E-state index is 0.112. The molecule has 1 saturated carbocycles. The predicted octanol–water partition coefficient (Wildman–Crippen LogP) is 6.03. The number of rotatable bonds is 10. The quantitative estimate of drug-likeness (QED) is 0.283. The highest BCUT2D eigenvalue weighted by Gasteiger charge is 2.57. The molecule has 0 bridgehead atoms. The number of hydrogen-bond acceptors (Lipinski definition) is 6. The van der Waals surface area contributed by atoms with E-state index in [1.165, 1.54) is 0 Å². The molecule has 3 unspecified atom stereocenters.